The van der Waals surface area contributed by atoms with Crippen LogP contribution in [-0.4, -0.2) is 56.9 Å². The van der Waals surface area contributed by atoms with Gasteiger partial charge in [0.25, 0.3) is 0 Å². The third kappa shape index (κ3) is 4.33. The fourth-order valence-electron chi connectivity index (χ4n) is 0.864. The van der Waals surface area contributed by atoms with Gasteiger partial charge in [-0.2, -0.15) is 0 Å². The first-order valence-electron chi connectivity index (χ1n) is 5.18. The number of amides is 2. The van der Waals surface area contributed by atoms with Crippen LogP contribution in [0.15, 0.2) is 0 Å². The summed E-state index contributed by atoms with van der Waals surface area (Å²) in [6.07, 6.45) is 1.56. The molecule has 100 valence electrons. The summed E-state index contributed by atoms with van der Waals surface area (Å²) >= 11 is 0. The number of aliphatic carboxylic acids is 1. The normalized spacial score (nSPS) is 14.9. The first kappa shape index (κ1) is 15.9. The molecule has 0 aromatic heterocycles. The molecule has 0 aliphatic heterocycles. The van der Waals surface area contributed by atoms with Crippen molar-refractivity contribution in [2.24, 2.45) is 0 Å². The molecular weight excluding hydrogens is 244 g/mol. The van der Waals surface area contributed by atoms with Gasteiger partial charge in [0.15, 0.2) is 0 Å². The minimum Gasteiger partial charge on any atom is -0.480 e. The maximum atomic E-state index is 11.7. The quantitative estimate of drug-likeness (QED) is 0.745. The van der Waals surface area contributed by atoms with Crippen LogP contribution in [0.2, 0.25) is 0 Å². The van der Waals surface area contributed by atoms with E-state index in [0.717, 1.165) is 4.90 Å². The van der Waals surface area contributed by atoms with E-state index in [1.54, 1.807) is 13.2 Å². The number of carbonyl (C=O) groups excluding carboxylic acids is 1. The highest BCUT2D eigenvalue weighted by Crippen LogP contribution is 2.12. The summed E-state index contributed by atoms with van der Waals surface area (Å²) in [5.74, 6) is -1.08. The van der Waals surface area contributed by atoms with Gasteiger partial charge < -0.3 is 15.3 Å². The van der Waals surface area contributed by atoms with Gasteiger partial charge in [-0.15, -0.1) is 0 Å². The lowest BCUT2D eigenvalue weighted by Crippen LogP contribution is -2.54. The Morgan fingerprint density at radius 3 is 2.29 bits per heavy atom. The number of nitrogens with one attached hydrogen (secondary N) is 1. The van der Waals surface area contributed by atoms with Gasteiger partial charge in [-0.05, 0) is 20.8 Å². The van der Waals surface area contributed by atoms with Crippen LogP contribution in [0.3, 0.4) is 0 Å². The molecule has 0 aromatic carbocycles. The van der Waals surface area contributed by atoms with Crippen LogP contribution in [0.5, 0.6) is 0 Å². The molecule has 0 heterocycles. The third-order valence-corrected chi connectivity index (χ3v) is 4.07. The molecule has 2 unspecified atom stereocenters. The van der Waals surface area contributed by atoms with Gasteiger partial charge in [0, 0.05) is 35.9 Å². The second-order valence-electron chi connectivity index (χ2n) is 4.42. The first-order valence-corrected chi connectivity index (χ1v) is 6.80. The van der Waals surface area contributed by atoms with E-state index in [1.807, 2.05) is 0 Å². The maximum absolute atomic E-state index is 11.7. The number of carboxylic acids is 1. The lowest BCUT2D eigenvalue weighted by atomic mass is 10.1. The Kier molecular flexibility index (Phi) is 5.60. The third-order valence-electron chi connectivity index (χ3n) is 2.77. The number of carboxylic acid groups (broad SMARTS) is 1. The number of hydrogen-bond acceptors (Lipinski definition) is 3. The molecule has 2 amide bonds. The molecule has 0 rings (SSSR count). The van der Waals surface area contributed by atoms with Crippen LogP contribution in [-0.2, 0) is 15.6 Å². The molecule has 2 atom stereocenters. The highest BCUT2D eigenvalue weighted by atomic mass is 32.2. The Morgan fingerprint density at radius 1 is 1.47 bits per heavy atom. The Hall–Kier alpha value is -1.11. The Balaban J connectivity index is 4.43. The zero-order chi connectivity index (χ0) is 13.8. The van der Waals surface area contributed by atoms with E-state index in [-0.39, 0.29) is 11.8 Å². The molecule has 0 fully saturated rings. The summed E-state index contributed by atoms with van der Waals surface area (Å²) in [4.78, 5) is 23.7. The van der Waals surface area contributed by atoms with Gasteiger partial charge in [0.05, 0.1) is 0 Å². The fraction of sp³-hybridized carbons (Fsp3) is 0.800. The van der Waals surface area contributed by atoms with Crippen molar-refractivity contribution >= 4 is 22.8 Å². The molecule has 2 N–H and O–H groups in total. The Labute approximate surface area is 104 Å². The molecule has 0 radical (unpaired) electrons. The van der Waals surface area contributed by atoms with Crippen molar-refractivity contribution in [3.8, 4) is 0 Å². The zero-order valence-corrected chi connectivity index (χ0v) is 11.6. The lowest BCUT2D eigenvalue weighted by Gasteiger charge is -2.31. The van der Waals surface area contributed by atoms with Crippen LogP contribution in [0, 0.1) is 0 Å². The van der Waals surface area contributed by atoms with Crippen molar-refractivity contribution in [3.05, 3.63) is 0 Å². The monoisotopic (exact) mass is 264 g/mol. The zero-order valence-electron chi connectivity index (χ0n) is 10.8. The first-order chi connectivity index (χ1) is 7.60. The minimum absolute atomic E-state index is 0.166. The average Bonchev–Trinajstić information content (AvgIpc) is 2.23. The molecule has 7 heteroatoms. The molecule has 0 spiro atoms. The van der Waals surface area contributed by atoms with Crippen LogP contribution in [0.1, 0.15) is 20.8 Å². The molecule has 0 saturated heterocycles. The van der Waals surface area contributed by atoms with Gasteiger partial charge in [0.1, 0.15) is 5.54 Å². The van der Waals surface area contributed by atoms with E-state index >= 15 is 0 Å². The van der Waals surface area contributed by atoms with Crippen LogP contribution >= 0.6 is 0 Å². The standard InChI is InChI=1S/C10H20N2O4S/c1-7(17(5)16)6-11-9(15)12(4)10(2,3)8(13)14/h7H,6H2,1-5H3,(H,11,15)(H,13,14). The number of likely N-dealkylation sites (N-methyl/N-ethyl adjacent to an activating group) is 1. The highest BCUT2D eigenvalue weighted by molar-refractivity contribution is 7.84. The van der Waals surface area contributed by atoms with Crippen molar-refractivity contribution in [1.29, 1.82) is 0 Å². The average molecular weight is 264 g/mol. The lowest BCUT2D eigenvalue weighted by molar-refractivity contribution is -0.146. The van der Waals surface area contributed by atoms with Gasteiger partial charge in [-0.25, -0.2) is 9.59 Å². The Morgan fingerprint density at radius 2 is 1.94 bits per heavy atom. The molecule has 0 aliphatic carbocycles. The number of rotatable bonds is 5. The summed E-state index contributed by atoms with van der Waals surface area (Å²) in [7, 11) is 0.394. The molecule has 0 bridgehead atoms. The summed E-state index contributed by atoms with van der Waals surface area (Å²) in [6.45, 7) is 4.88. The molecule has 0 aromatic rings. The van der Waals surface area contributed by atoms with Gasteiger partial charge in [-0.1, -0.05) is 0 Å². The SMILES string of the molecule is CC(CNC(=O)N(C)C(C)(C)C(=O)O)S(C)=O. The number of nitrogens with zero attached hydrogens (tertiary/aromatic N) is 1. The highest BCUT2D eigenvalue weighted by Gasteiger charge is 2.35. The second kappa shape index (κ2) is 6.00. The van der Waals surface area contributed by atoms with E-state index in [0.29, 0.717) is 0 Å². The van der Waals surface area contributed by atoms with Crippen molar-refractivity contribution in [3.63, 3.8) is 0 Å². The van der Waals surface area contributed by atoms with Crippen LogP contribution in [0.4, 0.5) is 4.79 Å². The number of urea groups is 1. The van der Waals surface area contributed by atoms with Crippen molar-refractivity contribution in [1.82, 2.24) is 10.2 Å². The molecule has 17 heavy (non-hydrogen) atoms. The summed E-state index contributed by atoms with van der Waals surface area (Å²) in [5, 5.41) is 11.3. The summed E-state index contributed by atoms with van der Waals surface area (Å²) < 4.78 is 11.1. The Bertz CT molecular complexity index is 330. The number of carbonyl (C=O) groups is 2. The van der Waals surface area contributed by atoms with E-state index in [1.165, 1.54) is 20.9 Å². The fourth-order valence-corrected chi connectivity index (χ4v) is 1.18. The summed E-state index contributed by atoms with van der Waals surface area (Å²) in [5.41, 5.74) is -1.28. The number of hydrogen-bond donors (Lipinski definition) is 2. The molecular formula is C10H20N2O4S. The predicted molar refractivity (Wildman–Crippen MR) is 66.4 cm³/mol. The maximum Gasteiger partial charge on any atom is 0.329 e. The van der Waals surface area contributed by atoms with Crippen molar-refractivity contribution in [2.45, 2.75) is 31.6 Å². The minimum atomic E-state index is -1.28. The van der Waals surface area contributed by atoms with Gasteiger partial charge in [0.2, 0.25) is 0 Å². The van der Waals surface area contributed by atoms with E-state index in [2.05, 4.69) is 5.32 Å². The van der Waals surface area contributed by atoms with E-state index in [9.17, 15) is 13.8 Å². The van der Waals surface area contributed by atoms with E-state index in [4.69, 9.17) is 5.11 Å². The van der Waals surface area contributed by atoms with Crippen molar-refractivity contribution < 1.29 is 18.9 Å². The van der Waals surface area contributed by atoms with Crippen LogP contribution in [0.25, 0.3) is 0 Å². The largest absolute Gasteiger partial charge is 0.480 e. The topological polar surface area (TPSA) is 86.7 Å². The summed E-state index contributed by atoms with van der Waals surface area (Å²) in [6, 6.07) is -0.491. The molecule has 0 aliphatic rings. The van der Waals surface area contributed by atoms with Gasteiger partial charge >= 0.3 is 12.0 Å². The smallest absolute Gasteiger partial charge is 0.329 e. The molecule has 0 saturated carbocycles. The second-order valence-corrected chi connectivity index (χ2v) is 6.22. The predicted octanol–water partition coefficient (Wildman–Crippen LogP) is 0.258. The van der Waals surface area contributed by atoms with Gasteiger partial charge in [-0.3, -0.25) is 4.21 Å². The van der Waals surface area contributed by atoms with Crippen LogP contribution < -0.4 is 5.32 Å². The van der Waals surface area contributed by atoms with E-state index < -0.39 is 28.3 Å². The molecule has 6 nitrogen and oxygen atoms in total. The van der Waals surface area contributed by atoms with Crippen molar-refractivity contribution in [2.75, 3.05) is 19.8 Å².